The Labute approximate surface area is 57.4 Å². The van der Waals surface area contributed by atoms with Gasteiger partial charge in [0.2, 0.25) is 0 Å². The van der Waals surface area contributed by atoms with E-state index in [2.05, 4.69) is 0 Å². The fraction of sp³-hybridized carbons (Fsp3) is 1.00. The van der Waals surface area contributed by atoms with Gasteiger partial charge in [-0.25, -0.2) is 0 Å². The number of hydroxylamine groups is 2. The molecule has 1 atom stereocenters. The van der Waals surface area contributed by atoms with Crippen molar-refractivity contribution in [2.24, 2.45) is 0 Å². The molecule has 0 aromatic heterocycles. The van der Waals surface area contributed by atoms with Gasteiger partial charge in [-0.1, -0.05) is 0 Å². The highest BCUT2D eigenvalue weighted by Gasteiger charge is 2.19. The van der Waals surface area contributed by atoms with Gasteiger partial charge in [-0.3, -0.25) is 0 Å². The Morgan fingerprint density at radius 2 is 1.56 bits per heavy atom. The average Bonchev–Trinajstić information content (AvgIpc) is 1.62. The van der Waals surface area contributed by atoms with Crippen LogP contribution in [0.15, 0.2) is 0 Å². The van der Waals surface area contributed by atoms with Crippen LogP contribution in [0.25, 0.3) is 0 Å². The molecule has 0 radical (unpaired) electrons. The number of hydrogen-bond donors (Lipinski definition) is 1. The number of nitrogens with one attached hydrogen (secondary N) is 1. The lowest BCUT2D eigenvalue weighted by Crippen LogP contribution is -3.17. The third-order valence-electron chi connectivity index (χ3n) is 1.26. The van der Waals surface area contributed by atoms with Crippen molar-refractivity contribution in [3.05, 3.63) is 5.21 Å². The minimum absolute atomic E-state index is 0.159. The zero-order valence-electron chi connectivity index (χ0n) is 6.99. The van der Waals surface area contributed by atoms with Crippen LogP contribution in [0.2, 0.25) is 0 Å². The van der Waals surface area contributed by atoms with E-state index >= 15 is 0 Å². The molecular formula is C7H17NO. The van der Waals surface area contributed by atoms with Crippen LogP contribution in [0.5, 0.6) is 0 Å². The van der Waals surface area contributed by atoms with E-state index in [1.54, 1.807) is 0 Å². The molecule has 0 spiro atoms. The molecule has 0 fully saturated rings. The van der Waals surface area contributed by atoms with Crippen molar-refractivity contribution >= 4 is 0 Å². The molecule has 0 aliphatic carbocycles. The Balaban J connectivity index is 3.88. The molecule has 9 heavy (non-hydrogen) atoms. The van der Waals surface area contributed by atoms with Crippen LogP contribution >= 0.6 is 0 Å². The van der Waals surface area contributed by atoms with Crippen LogP contribution in [0.3, 0.4) is 0 Å². The molecule has 0 aliphatic heterocycles. The summed E-state index contributed by atoms with van der Waals surface area (Å²) in [5, 5.41) is 11.5. The lowest BCUT2D eigenvalue weighted by molar-refractivity contribution is -0.919. The normalized spacial score (nSPS) is 16.3. The quantitative estimate of drug-likeness (QED) is 0.518. The van der Waals surface area contributed by atoms with Gasteiger partial charge in [-0.05, 0) is 34.6 Å². The second-order valence-electron chi connectivity index (χ2n) is 3.77. The van der Waals surface area contributed by atoms with Gasteiger partial charge in [-0.2, -0.15) is 0 Å². The molecule has 0 saturated heterocycles. The van der Waals surface area contributed by atoms with Gasteiger partial charge in [0.05, 0.1) is 11.6 Å². The third kappa shape index (κ3) is 2.82. The molecule has 56 valence electrons. The Morgan fingerprint density at radius 3 is 1.56 bits per heavy atom. The molecule has 0 saturated carbocycles. The number of quaternary nitrogens is 1. The highest BCUT2D eigenvalue weighted by Crippen LogP contribution is 1.92. The molecule has 0 aliphatic rings. The van der Waals surface area contributed by atoms with Gasteiger partial charge in [0, 0.05) is 0 Å². The smallest absolute Gasteiger partial charge is 0.0890 e. The zero-order valence-corrected chi connectivity index (χ0v) is 6.99. The van der Waals surface area contributed by atoms with Crippen molar-refractivity contribution in [3.63, 3.8) is 0 Å². The highest BCUT2D eigenvalue weighted by atomic mass is 16.5. The van der Waals surface area contributed by atoms with Crippen molar-refractivity contribution in [1.29, 1.82) is 0 Å². The van der Waals surface area contributed by atoms with Crippen LogP contribution in [0.1, 0.15) is 34.6 Å². The van der Waals surface area contributed by atoms with Crippen molar-refractivity contribution in [1.82, 2.24) is 0 Å². The summed E-state index contributed by atoms with van der Waals surface area (Å²) in [6.07, 6.45) is 0. The van der Waals surface area contributed by atoms with E-state index in [0.29, 0.717) is 5.06 Å². The summed E-state index contributed by atoms with van der Waals surface area (Å²) in [6, 6.07) is 0.171. The topological polar surface area (TPSA) is 27.5 Å². The van der Waals surface area contributed by atoms with Crippen LogP contribution in [0.4, 0.5) is 0 Å². The van der Waals surface area contributed by atoms with Gasteiger partial charge in [-0.15, -0.1) is 0 Å². The van der Waals surface area contributed by atoms with E-state index in [4.69, 9.17) is 0 Å². The monoisotopic (exact) mass is 131 g/mol. The molecule has 0 heterocycles. The summed E-state index contributed by atoms with van der Waals surface area (Å²) in [5.41, 5.74) is -0.159. The Kier molecular flexibility index (Phi) is 2.65. The Hall–Kier alpha value is -0.0800. The largest absolute Gasteiger partial charge is 0.634 e. The third-order valence-corrected chi connectivity index (χ3v) is 1.26. The van der Waals surface area contributed by atoms with Crippen molar-refractivity contribution in [3.8, 4) is 0 Å². The molecule has 1 N–H and O–H groups in total. The summed E-state index contributed by atoms with van der Waals surface area (Å²) in [6.45, 7) is 9.74. The van der Waals surface area contributed by atoms with Gasteiger partial charge in [0.25, 0.3) is 0 Å². The van der Waals surface area contributed by atoms with Crippen LogP contribution in [-0.2, 0) is 0 Å². The summed E-state index contributed by atoms with van der Waals surface area (Å²) in [5.74, 6) is 0. The van der Waals surface area contributed by atoms with Gasteiger partial charge < -0.3 is 10.3 Å². The van der Waals surface area contributed by atoms with Crippen molar-refractivity contribution in [2.75, 3.05) is 0 Å². The van der Waals surface area contributed by atoms with E-state index in [1.807, 2.05) is 34.6 Å². The maximum atomic E-state index is 11.2. The second kappa shape index (κ2) is 2.67. The summed E-state index contributed by atoms with van der Waals surface area (Å²) in [4.78, 5) is 0. The zero-order chi connectivity index (χ0) is 7.65. The summed E-state index contributed by atoms with van der Waals surface area (Å²) >= 11 is 0. The fourth-order valence-electron chi connectivity index (χ4n) is 0.866. The molecule has 2 heteroatoms. The van der Waals surface area contributed by atoms with E-state index in [1.165, 1.54) is 0 Å². The molecular weight excluding hydrogens is 114 g/mol. The van der Waals surface area contributed by atoms with Gasteiger partial charge >= 0.3 is 0 Å². The first kappa shape index (κ1) is 8.92. The SMILES string of the molecule is CC(C)[NH+]([O-])C(C)(C)C. The fourth-order valence-corrected chi connectivity index (χ4v) is 0.866. The van der Waals surface area contributed by atoms with Crippen LogP contribution < -0.4 is 5.06 Å². The maximum absolute atomic E-state index is 11.2. The first-order valence-electron chi connectivity index (χ1n) is 3.40. The van der Waals surface area contributed by atoms with E-state index in [0.717, 1.165) is 0 Å². The standard InChI is InChI=1S/C7H17NO/c1-6(2)8(9)7(3,4)5/h6,8H,1-5H3. The first-order valence-corrected chi connectivity index (χ1v) is 3.40. The molecule has 1 unspecified atom stereocenters. The Bertz CT molecular complexity index is 83.4. The lowest BCUT2D eigenvalue weighted by atomic mass is 10.1. The van der Waals surface area contributed by atoms with Crippen molar-refractivity contribution < 1.29 is 5.06 Å². The molecule has 0 bridgehead atoms. The van der Waals surface area contributed by atoms with Gasteiger partial charge in [0.1, 0.15) is 0 Å². The predicted octanol–water partition coefficient (Wildman–Crippen LogP) is 0.576. The molecule has 0 amide bonds. The number of rotatable bonds is 1. The Morgan fingerprint density at radius 1 is 1.22 bits per heavy atom. The van der Waals surface area contributed by atoms with E-state index in [9.17, 15) is 5.21 Å². The highest BCUT2D eigenvalue weighted by molar-refractivity contribution is 4.57. The summed E-state index contributed by atoms with van der Waals surface area (Å²) in [7, 11) is 0. The van der Waals surface area contributed by atoms with Crippen LogP contribution in [-0.4, -0.2) is 11.6 Å². The average molecular weight is 131 g/mol. The number of hydrogen-bond acceptors (Lipinski definition) is 1. The molecule has 0 aromatic rings. The van der Waals surface area contributed by atoms with E-state index in [-0.39, 0.29) is 11.6 Å². The lowest BCUT2D eigenvalue weighted by Gasteiger charge is -2.38. The summed E-state index contributed by atoms with van der Waals surface area (Å²) < 4.78 is 0. The molecule has 0 aromatic carbocycles. The minimum atomic E-state index is -0.159. The first-order chi connectivity index (χ1) is 3.85. The molecule has 0 rings (SSSR count). The van der Waals surface area contributed by atoms with Crippen molar-refractivity contribution in [2.45, 2.75) is 46.2 Å². The van der Waals surface area contributed by atoms with Crippen LogP contribution in [0, 0.1) is 5.21 Å². The predicted molar refractivity (Wildman–Crippen MR) is 39.2 cm³/mol. The maximum Gasteiger partial charge on any atom is 0.0890 e. The van der Waals surface area contributed by atoms with E-state index < -0.39 is 0 Å². The second-order valence-corrected chi connectivity index (χ2v) is 3.77. The van der Waals surface area contributed by atoms with Gasteiger partial charge in [0.15, 0.2) is 0 Å². The minimum Gasteiger partial charge on any atom is -0.634 e. The molecule has 2 nitrogen and oxygen atoms in total.